The zero-order chi connectivity index (χ0) is 63.3. The molecule has 0 aliphatic heterocycles. The first-order valence-electron chi connectivity index (χ1n) is 31.6. The second-order valence-electron chi connectivity index (χ2n) is 21.2. The van der Waals surface area contributed by atoms with Crippen LogP contribution in [0.2, 0.25) is 0 Å². The summed E-state index contributed by atoms with van der Waals surface area (Å²) in [6, 6.07) is 97.3. The van der Waals surface area contributed by atoms with Gasteiger partial charge in [-0.1, -0.05) is 338 Å². The molecule has 0 spiro atoms. The van der Waals surface area contributed by atoms with Crippen LogP contribution in [0, 0.1) is 48.4 Å². The lowest BCUT2D eigenvalue weighted by atomic mass is 9.80. The van der Waals surface area contributed by atoms with Gasteiger partial charge in [0.2, 0.25) is 0 Å². The minimum atomic E-state index is -1.12. The highest BCUT2D eigenvalue weighted by molar-refractivity contribution is 6.28. The molecule has 0 fully saturated rings. The molecule has 0 aromatic heterocycles. The fraction of sp³-hybridized carbons (Fsp3) is 0.218. The number of benzene rings is 10. The predicted molar refractivity (Wildman–Crippen MR) is 384 cm³/mol. The number of terminal acetylenes is 2. The van der Waals surface area contributed by atoms with Gasteiger partial charge in [0.1, 0.15) is 10.5 Å². The van der Waals surface area contributed by atoms with Crippen LogP contribution >= 0.6 is 11.6 Å². The fourth-order valence-electron chi connectivity index (χ4n) is 9.84. The largest absolute Gasteiger partial charge is 0.376 e. The number of aliphatic hydroxyl groups is 1. The summed E-state index contributed by atoms with van der Waals surface area (Å²) in [7, 11) is 0. The lowest BCUT2D eigenvalue weighted by molar-refractivity contribution is 0.125. The number of hydrogen-bond acceptors (Lipinski definition) is 1. The van der Waals surface area contributed by atoms with Crippen molar-refractivity contribution in [3.8, 4) is 59.5 Å². The van der Waals surface area contributed by atoms with E-state index in [9.17, 15) is 5.11 Å². The molecule has 1 N–H and O–H groups in total. The summed E-state index contributed by atoms with van der Waals surface area (Å²) in [5.41, 5.74) is 12.6. The van der Waals surface area contributed by atoms with Gasteiger partial charge in [0.25, 0.3) is 0 Å². The summed E-state index contributed by atoms with van der Waals surface area (Å²) < 4.78 is 0. The van der Waals surface area contributed by atoms with Gasteiger partial charge in [0.05, 0.1) is 0 Å². The third-order valence-electron chi connectivity index (χ3n) is 14.6. The maximum absolute atomic E-state index is 11.4. The maximum Gasteiger partial charge on any atom is 0.140 e. The van der Waals surface area contributed by atoms with E-state index in [0.717, 1.165) is 70.2 Å². The van der Waals surface area contributed by atoms with Gasteiger partial charge in [0, 0.05) is 30.4 Å². The number of halogens is 1. The van der Waals surface area contributed by atoms with Crippen LogP contribution in [0.3, 0.4) is 0 Å². The number of alkyl halides is 1. The Kier molecular flexibility index (Phi) is 33.7. The first-order chi connectivity index (χ1) is 43.8. The Bertz CT molecular complexity index is 3250. The van der Waals surface area contributed by atoms with Crippen LogP contribution in [0.25, 0.3) is 11.1 Å². The molecule has 10 aromatic carbocycles. The standard InChI is InChI=1S/C19H15Cl.C19H16O.C14H10.C13H10.C10H18.2C6H10/c2*20-19(16-10-4-1-5-11-16,17-12-6-2-7-13-17)18-14-8-3-9-15-18;1-3-7-13(8-4-1)11-12-14-9-5-2-6-10-14;1-3-7-12-10(5-1)9-11-6-2-4-8-13(11)12;1-3-5-7-9-10-8-6-4-2;2*1-3-5-6-4-2/h1-15H;1-15,20H;1-10H;1-8H,9H2;1H,4-10H2,2H3;3,5H2,1-2H3;1H,4-6H2,2H3. The van der Waals surface area contributed by atoms with Crippen molar-refractivity contribution in [2.75, 3.05) is 0 Å². The monoisotopic (exact) mass is 1180 g/mol. The average Bonchev–Trinajstić information content (AvgIpc) is 1.87. The third kappa shape index (κ3) is 24.1. The van der Waals surface area contributed by atoms with E-state index in [4.69, 9.17) is 24.4 Å². The van der Waals surface area contributed by atoms with Crippen LogP contribution in [-0.2, 0) is 16.9 Å². The second kappa shape index (κ2) is 42.5. The molecule has 0 amide bonds. The molecule has 89 heavy (non-hydrogen) atoms. The highest BCUT2D eigenvalue weighted by Gasteiger charge is 2.34. The Morgan fingerprint density at radius 2 is 0.640 bits per heavy atom. The molecule has 1 aliphatic carbocycles. The number of rotatable bonds is 15. The molecule has 1 nitrogen and oxygen atoms in total. The highest BCUT2D eigenvalue weighted by atomic mass is 35.5. The Morgan fingerprint density at radius 1 is 0.348 bits per heavy atom. The van der Waals surface area contributed by atoms with Gasteiger partial charge in [-0.3, -0.25) is 0 Å². The van der Waals surface area contributed by atoms with Gasteiger partial charge in [-0.15, -0.1) is 48.1 Å². The van der Waals surface area contributed by atoms with E-state index in [1.165, 1.54) is 80.0 Å². The van der Waals surface area contributed by atoms with Crippen LogP contribution in [0.15, 0.2) is 291 Å². The van der Waals surface area contributed by atoms with Gasteiger partial charge in [-0.05, 0) is 113 Å². The summed E-state index contributed by atoms with van der Waals surface area (Å²) in [6.45, 7) is 8.37. The summed E-state index contributed by atoms with van der Waals surface area (Å²) in [6.07, 6.45) is 25.7. The molecule has 10 aromatic rings. The van der Waals surface area contributed by atoms with E-state index in [2.05, 4.69) is 141 Å². The summed E-state index contributed by atoms with van der Waals surface area (Å²) in [5, 5.41) is 11.4. The topological polar surface area (TPSA) is 20.2 Å². The lowest BCUT2D eigenvalue weighted by Crippen LogP contribution is -2.28. The normalized spacial score (nSPS) is 10.2. The zero-order valence-corrected chi connectivity index (χ0v) is 53.6. The number of unbranched alkanes of at least 4 members (excludes halogenated alkanes) is 9. The van der Waals surface area contributed by atoms with Gasteiger partial charge >= 0.3 is 0 Å². The van der Waals surface area contributed by atoms with Crippen molar-refractivity contribution < 1.29 is 5.11 Å². The quantitative estimate of drug-likeness (QED) is 0.0469. The van der Waals surface area contributed by atoms with E-state index in [1.54, 1.807) is 0 Å². The van der Waals surface area contributed by atoms with Crippen LogP contribution in [-0.4, -0.2) is 5.11 Å². The van der Waals surface area contributed by atoms with Crippen LogP contribution in [0.5, 0.6) is 0 Å². The third-order valence-corrected chi connectivity index (χ3v) is 15.2. The Hall–Kier alpha value is -9.31. The zero-order valence-electron chi connectivity index (χ0n) is 52.9. The molecule has 1 aliphatic rings. The molecule has 0 unspecified atom stereocenters. The number of fused-ring (bicyclic) bond motifs is 3. The van der Waals surface area contributed by atoms with Crippen molar-refractivity contribution >= 4 is 11.6 Å². The molecule has 0 bridgehead atoms. The molecule has 450 valence electrons. The van der Waals surface area contributed by atoms with Gasteiger partial charge in [0.15, 0.2) is 0 Å². The molecule has 0 saturated heterocycles. The highest BCUT2D eigenvalue weighted by Crippen LogP contribution is 2.43. The SMILES string of the molecule is C#CCCCC.C#CCCCCCCCC.C(#Cc1ccccc1)c1ccccc1.CC#CCCC.ClC(c1ccccc1)(c1ccccc1)c1ccccc1.OC(c1ccccc1)(c1ccccc1)c1ccccc1.c1ccc2c(c1)Cc1ccccc1-2. The van der Waals surface area contributed by atoms with Crippen molar-refractivity contribution in [2.45, 2.75) is 122 Å². The van der Waals surface area contributed by atoms with Crippen molar-refractivity contribution in [2.24, 2.45) is 0 Å². The van der Waals surface area contributed by atoms with E-state index >= 15 is 0 Å². The molecule has 0 radical (unpaired) electrons. The fourth-order valence-corrected chi connectivity index (χ4v) is 10.2. The summed E-state index contributed by atoms with van der Waals surface area (Å²) >= 11 is 7.12. The van der Waals surface area contributed by atoms with Gasteiger partial charge < -0.3 is 5.11 Å². The molecule has 0 heterocycles. The molecule has 0 atom stereocenters. The minimum Gasteiger partial charge on any atom is -0.376 e. The first kappa shape index (κ1) is 70.5. The average molecular weight is 1190 g/mol. The minimum absolute atomic E-state index is 0.649. The first-order valence-corrected chi connectivity index (χ1v) is 31.9. The van der Waals surface area contributed by atoms with E-state index < -0.39 is 10.5 Å². The predicted octanol–water partition coefficient (Wildman–Crippen LogP) is 22.5. The maximum atomic E-state index is 11.4. The van der Waals surface area contributed by atoms with E-state index in [-0.39, 0.29) is 0 Å². The van der Waals surface area contributed by atoms with Gasteiger partial charge in [-0.2, -0.15) is 0 Å². The van der Waals surface area contributed by atoms with Crippen LogP contribution < -0.4 is 0 Å². The van der Waals surface area contributed by atoms with Crippen molar-refractivity contribution in [1.82, 2.24) is 0 Å². The summed E-state index contributed by atoms with van der Waals surface area (Å²) in [4.78, 5) is -0.649. The van der Waals surface area contributed by atoms with E-state index in [0.29, 0.717) is 0 Å². The Morgan fingerprint density at radius 3 is 0.944 bits per heavy atom. The second-order valence-corrected chi connectivity index (χ2v) is 21.8. The number of hydrogen-bond donors (Lipinski definition) is 1. The molecule has 2 heteroatoms. The van der Waals surface area contributed by atoms with Crippen LogP contribution in [0.1, 0.15) is 160 Å². The van der Waals surface area contributed by atoms with E-state index in [1.807, 2.05) is 213 Å². The Balaban J connectivity index is 0.000000197. The lowest BCUT2D eigenvalue weighted by Gasteiger charge is -2.30. The smallest absolute Gasteiger partial charge is 0.140 e. The molecule has 11 rings (SSSR count). The molecular weight excluding hydrogens is 1100 g/mol. The van der Waals surface area contributed by atoms with Crippen molar-refractivity contribution in [1.29, 1.82) is 0 Å². The van der Waals surface area contributed by atoms with Gasteiger partial charge in [-0.25, -0.2) is 0 Å². The molecule has 0 saturated carbocycles. The Labute approximate surface area is 541 Å². The van der Waals surface area contributed by atoms with Crippen LogP contribution in [0.4, 0.5) is 0 Å². The summed E-state index contributed by atoms with van der Waals surface area (Å²) in [5.74, 6) is 17.2. The van der Waals surface area contributed by atoms with Crippen molar-refractivity contribution in [3.63, 3.8) is 0 Å². The van der Waals surface area contributed by atoms with Crippen molar-refractivity contribution in [3.05, 3.63) is 347 Å². The molecular formula is C87H89ClO.